The molecule has 1 aromatic heterocycles. The topological polar surface area (TPSA) is 84.2 Å². The molecule has 21 heavy (non-hydrogen) atoms. The molecule has 2 rings (SSSR count). The van der Waals surface area contributed by atoms with Crippen LogP contribution in [0.1, 0.15) is 52.7 Å². The Kier molecular flexibility index (Phi) is 3.82. The molecule has 1 aliphatic carbocycles. The van der Waals surface area contributed by atoms with Crippen molar-refractivity contribution in [3.8, 4) is 0 Å². The molecule has 2 N–H and O–H groups in total. The van der Waals surface area contributed by atoms with Crippen LogP contribution in [-0.2, 0) is 15.1 Å². The number of carboxylic acid groups (broad SMARTS) is 1. The fourth-order valence-electron chi connectivity index (χ4n) is 2.38. The standard InChI is InChI=1S/C15H23N3O3/c1-8(2)11-7-12(17-18(11)15(3,4)5)16-13(19)9-6-10(9)14(20)21/h7-10H,6H2,1-5H3,(H,20,21)(H,16,17,19)/t9-,10-/m1/s1. The number of carboxylic acids is 1. The summed E-state index contributed by atoms with van der Waals surface area (Å²) in [5.41, 5.74) is 0.870. The number of aromatic nitrogens is 2. The lowest BCUT2D eigenvalue weighted by atomic mass is 10.1. The third-order valence-corrected chi connectivity index (χ3v) is 3.66. The molecule has 1 aliphatic rings. The maximum Gasteiger partial charge on any atom is 0.307 e. The van der Waals surface area contributed by atoms with Crippen molar-refractivity contribution in [2.24, 2.45) is 11.8 Å². The fourth-order valence-corrected chi connectivity index (χ4v) is 2.38. The molecule has 0 aromatic carbocycles. The van der Waals surface area contributed by atoms with Gasteiger partial charge in [0.25, 0.3) is 0 Å². The van der Waals surface area contributed by atoms with Gasteiger partial charge in [0, 0.05) is 11.8 Å². The SMILES string of the molecule is CC(C)c1cc(NC(=O)[C@@H]2C[C@H]2C(=O)O)nn1C(C)(C)C. The molecule has 0 unspecified atom stereocenters. The van der Waals surface area contributed by atoms with Crippen LogP contribution in [0.2, 0.25) is 0 Å². The van der Waals surface area contributed by atoms with Gasteiger partial charge in [0.2, 0.25) is 5.91 Å². The van der Waals surface area contributed by atoms with Crippen LogP contribution in [0, 0.1) is 11.8 Å². The van der Waals surface area contributed by atoms with Gasteiger partial charge in [-0.2, -0.15) is 5.10 Å². The summed E-state index contributed by atoms with van der Waals surface area (Å²) in [6, 6.07) is 1.87. The average Bonchev–Trinajstić information content (AvgIpc) is 3.02. The summed E-state index contributed by atoms with van der Waals surface area (Å²) in [6.07, 6.45) is 0.415. The molecule has 1 aromatic rings. The third-order valence-electron chi connectivity index (χ3n) is 3.66. The first-order valence-corrected chi connectivity index (χ1v) is 7.25. The van der Waals surface area contributed by atoms with Crippen molar-refractivity contribution in [1.29, 1.82) is 0 Å². The van der Waals surface area contributed by atoms with Crippen molar-refractivity contribution in [3.05, 3.63) is 11.8 Å². The van der Waals surface area contributed by atoms with Crippen LogP contribution >= 0.6 is 0 Å². The number of hydrogen-bond acceptors (Lipinski definition) is 3. The van der Waals surface area contributed by atoms with E-state index >= 15 is 0 Å². The maximum absolute atomic E-state index is 12.0. The van der Waals surface area contributed by atoms with E-state index in [2.05, 4.69) is 45.0 Å². The largest absolute Gasteiger partial charge is 0.481 e. The first kappa shape index (κ1) is 15.5. The number of nitrogens with one attached hydrogen (secondary N) is 1. The second-order valence-electron chi connectivity index (χ2n) is 6.97. The number of carbonyl (C=O) groups excluding carboxylic acids is 1. The van der Waals surface area contributed by atoms with Crippen LogP contribution in [0.4, 0.5) is 5.82 Å². The molecule has 2 atom stereocenters. The molecule has 1 saturated carbocycles. The molecule has 0 aliphatic heterocycles. The van der Waals surface area contributed by atoms with E-state index in [1.165, 1.54) is 0 Å². The summed E-state index contributed by atoms with van der Waals surface area (Å²) in [6.45, 7) is 10.3. The molecule has 1 fully saturated rings. The Hall–Kier alpha value is -1.85. The summed E-state index contributed by atoms with van der Waals surface area (Å²) in [5.74, 6) is -1.34. The predicted molar refractivity (Wildman–Crippen MR) is 79.2 cm³/mol. The lowest BCUT2D eigenvalue weighted by Gasteiger charge is -2.23. The van der Waals surface area contributed by atoms with Crippen LogP contribution in [-0.4, -0.2) is 26.8 Å². The molecule has 116 valence electrons. The van der Waals surface area contributed by atoms with Gasteiger partial charge in [0.15, 0.2) is 5.82 Å². The molecule has 0 radical (unpaired) electrons. The number of amides is 1. The van der Waals surface area contributed by atoms with Crippen molar-refractivity contribution < 1.29 is 14.7 Å². The normalized spacial score (nSPS) is 21.4. The highest BCUT2D eigenvalue weighted by atomic mass is 16.4. The van der Waals surface area contributed by atoms with Gasteiger partial charge in [-0.25, -0.2) is 0 Å². The first-order valence-electron chi connectivity index (χ1n) is 7.25. The molecule has 6 heteroatoms. The van der Waals surface area contributed by atoms with E-state index in [1.807, 2.05) is 10.7 Å². The summed E-state index contributed by atoms with van der Waals surface area (Å²) < 4.78 is 1.91. The van der Waals surface area contributed by atoms with E-state index in [1.54, 1.807) is 0 Å². The van der Waals surface area contributed by atoms with Crippen LogP contribution in [0.5, 0.6) is 0 Å². The number of rotatable bonds is 4. The van der Waals surface area contributed by atoms with Gasteiger partial charge >= 0.3 is 5.97 Å². The van der Waals surface area contributed by atoms with E-state index in [0.717, 1.165) is 5.69 Å². The second kappa shape index (κ2) is 5.16. The first-order chi connectivity index (χ1) is 9.61. The van der Waals surface area contributed by atoms with Crippen LogP contribution < -0.4 is 5.32 Å². The predicted octanol–water partition coefficient (Wildman–Crippen LogP) is 2.42. The molecule has 6 nitrogen and oxygen atoms in total. The van der Waals surface area contributed by atoms with Gasteiger partial charge in [0.1, 0.15) is 0 Å². The lowest BCUT2D eigenvalue weighted by molar-refractivity contribution is -0.139. The fraction of sp³-hybridized carbons (Fsp3) is 0.667. The minimum atomic E-state index is -0.904. The second-order valence-corrected chi connectivity index (χ2v) is 6.97. The molecular weight excluding hydrogens is 270 g/mol. The van der Waals surface area contributed by atoms with Crippen LogP contribution in [0.25, 0.3) is 0 Å². The number of hydrogen-bond donors (Lipinski definition) is 2. The molecule has 0 saturated heterocycles. The van der Waals surface area contributed by atoms with Crippen molar-refractivity contribution >= 4 is 17.7 Å². The zero-order valence-electron chi connectivity index (χ0n) is 13.2. The molecule has 1 amide bonds. The van der Waals surface area contributed by atoms with Gasteiger partial charge in [-0.15, -0.1) is 0 Å². The Balaban J connectivity index is 2.15. The van der Waals surface area contributed by atoms with E-state index in [0.29, 0.717) is 12.2 Å². The lowest BCUT2D eigenvalue weighted by Crippen LogP contribution is -2.26. The van der Waals surface area contributed by atoms with Gasteiger partial charge in [-0.3, -0.25) is 14.3 Å². The highest BCUT2D eigenvalue weighted by Gasteiger charge is 2.48. The summed E-state index contributed by atoms with van der Waals surface area (Å²) >= 11 is 0. The van der Waals surface area contributed by atoms with Crippen molar-refractivity contribution in [3.63, 3.8) is 0 Å². The highest BCUT2D eigenvalue weighted by molar-refractivity contribution is 5.97. The van der Waals surface area contributed by atoms with Crippen LogP contribution in [0.15, 0.2) is 6.07 Å². The number of nitrogens with zero attached hydrogens (tertiary/aromatic N) is 2. The Morgan fingerprint density at radius 3 is 2.38 bits per heavy atom. The third kappa shape index (κ3) is 3.25. The number of carbonyl (C=O) groups is 2. The van der Waals surface area contributed by atoms with Gasteiger partial charge in [-0.1, -0.05) is 13.8 Å². The van der Waals surface area contributed by atoms with Crippen LogP contribution in [0.3, 0.4) is 0 Å². The number of anilines is 1. The van der Waals surface area contributed by atoms with Crippen molar-refractivity contribution in [2.45, 2.75) is 52.5 Å². The van der Waals surface area contributed by atoms with Gasteiger partial charge in [-0.05, 0) is 33.1 Å². The van der Waals surface area contributed by atoms with E-state index in [4.69, 9.17) is 5.11 Å². The van der Waals surface area contributed by atoms with E-state index in [9.17, 15) is 9.59 Å². The van der Waals surface area contributed by atoms with E-state index in [-0.39, 0.29) is 17.4 Å². The Bertz CT molecular complexity index is 569. The average molecular weight is 293 g/mol. The molecule has 0 spiro atoms. The van der Waals surface area contributed by atoms with Crippen molar-refractivity contribution in [2.75, 3.05) is 5.32 Å². The smallest absolute Gasteiger partial charge is 0.307 e. The zero-order chi connectivity index (χ0) is 15.9. The molecule has 1 heterocycles. The zero-order valence-corrected chi connectivity index (χ0v) is 13.2. The highest BCUT2D eigenvalue weighted by Crippen LogP contribution is 2.39. The summed E-state index contributed by atoms with van der Waals surface area (Å²) in [5, 5.41) is 16.1. The quantitative estimate of drug-likeness (QED) is 0.893. The van der Waals surface area contributed by atoms with Crippen molar-refractivity contribution in [1.82, 2.24) is 9.78 Å². The number of aliphatic carboxylic acids is 1. The molecular formula is C15H23N3O3. The van der Waals surface area contributed by atoms with Gasteiger partial charge < -0.3 is 10.4 Å². The van der Waals surface area contributed by atoms with E-state index < -0.39 is 17.8 Å². The minimum absolute atomic E-state index is 0.175. The Morgan fingerprint density at radius 1 is 1.38 bits per heavy atom. The summed E-state index contributed by atoms with van der Waals surface area (Å²) in [7, 11) is 0. The minimum Gasteiger partial charge on any atom is -0.481 e. The monoisotopic (exact) mass is 293 g/mol. The van der Waals surface area contributed by atoms with Gasteiger partial charge in [0.05, 0.1) is 17.4 Å². The summed E-state index contributed by atoms with van der Waals surface area (Å²) in [4.78, 5) is 22.8. The maximum atomic E-state index is 12.0. The molecule has 0 bridgehead atoms. The Morgan fingerprint density at radius 2 is 2.00 bits per heavy atom. The Labute approximate surface area is 124 Å².